The molecule has 0 spiro atoms. The molecule has 0 atom stereocenters. The minimum Gasteiger partial charge on any atom is -0.457 e. The largest absolute Gasteiger partial charge is 0.457 e. The second kappa shape index (κ2) is 5.89. The number of ether oxygens (including phenoxy) is 1. The van der Waals surface area contributed by atoms with Crippen molar-refractivity contribution in [2.45, 2.75) is 11.4 Å². The molecule has 0 aliphatic heterocycles. The first-order valence-electron chi connectivity index (χ1n) is 5.54. The highest BCUT2D eigenvalue weighted by Crippen LogP contribution is 2.28. The van der Waals surface area contributed by atoms with Gasteiger partial charge in [-0.3, -0.25) is 0 Å². The number of nitrogens with two attached hydrogens (primary N) is 1. The lowest BCUT2D eigenvalue weighted by atomic mass is 10.2. The molecule has 0 saturated heterocycles. The van der Waals surface area contributed by atoms with Gasteiger partial charge in [0.15, 0.2) is 0 Å². The zero-order valence-electron chi connectivity index (χ0n) is 10.0. The fourth-order valence-corrected chi connectivity index (χ4v) is 2.01. The number of benzene rings is 2. The van der Waals surface area contributed by atoms with Crippen molar-refractivity contribution in [2.75, 3.05) is 6.26 Å². The van der Waals surface area contributed by atoms with Gasteiger partial charge in [-0.25, -0.2) is 4.39 Å². The van der Waals surface area contributed by atoms with E-state index in [1.54, 1.807) is 23.9 Å². The summed E-state index contributed by atoms with van der Waals surface area (Å²) in [6.07, 6.45) is 2.01. The molecule has 0 radical (unpaired) electrons. The number of rotatable bonds is 4. The molecule has 0 saturated carbocycles. The lowest BCUT2D eigenvalue weighted by Gasteiger charge is -2.10. The van der Waals surface area contributed by atoms with Gasteiger partial charge in [0.1, 0.15) is 17.3 Å². The van der Waals surface area contributed by atoms with Crippen LogP contribution >= 0.6 is 11.8 Å². The van der Waals surface area contributed by atoms with Crippen molar-refractivity contribution in [3.05, 3.63) is 53.8 Å². The molecule has 2 aromatic carbocycles. The SMILES string of the molecule is CSc1ccc(Oc2cccc(F)c2CN)cc1. The summed E-state index contributed by atoms with van der Waals surface area (Å²) >= 11 is 1.66. The summed E-state index contributed by atoms with van der Waals surface area (Å²) in [6, 6.07) is 12.3. The maximum atomic E-state index is 13.5. The molecule has 0 fully saturated rings. The molecule has 2 aromatic rings. The lowest BCUT2D eigenvalue weighted by Crippen LogP contribution is -2.02. The Morgan fingerprint density at radius 2 is 1.89 bits per heavy atom. The molecule has 0 bridgehead atoms. The Morgan fingerprint density at radius 1 is 1.17 bits per heavy atom. The molecule has 18 heavy (non-hydrogen) atoms. The lowest BCUT2D eigenvalue weighted by molar-refractivity contribution is 0.467. The van der Waals surface area contributed by atoms with Crippen LogP contribution in [0.15, 0.2) is 47.4 Å². The van der Waals surface area contributed by atoms with Gasteiger partial charge in [-0.15, -0.1) is 11.8 Å². The van der Waals surface area contributed by atoms with Crippen molar-refractivity contribution in [3.63, 3.8) is 0 Å². The molecular formula is C14H14FNOS. The Hall–Kier alpha value is -1.52. The van der Waals surface area contributed by atoms with Crippen LogP contribution in [0, 0.1) is 5.82 Å². The predicted octanol–water partition coefficient (Wildman–Crippen LogP) is 3.80. The Labute approximate surface area is 110 Å². The van der Waals surface area contributed by atoms with Gasteiger partial charge >= 0.3 is 0 Å². The van der Waals surface area contributed by atoms with Crippen LogP contribution in [0.3, 0.4) is 0 Å². The Balaban J connectivity index is 2.25. The van der Waals surface area contributed by atoms with Crippen LogP contribution in [0.5, 0.6) is 11.5 Å². The fraction of sp³-hybridized carbons (Fsp3) is 0.143. The maximum Gasteiger partial charge on any atom is 0.134 e. The topological polar surface area (TPSA) is 35.2 Å². The summed E-state index contributed by atoms with van der Waals surface area (Å²) in [5.41, 5.74) is 5.92. The van der Waals surface area contributed by atoms with Crippen molar-refractivity contribution in [2.24, 2.45) is 5.73 Å². The second-order valence-electron chi connectivity index (χ2n) is 3.70. The number of thioether (sulfide) groups is 1. The van der Waals surface area contributed by atoms with E-state index in [0.29, 0.717) is 17.1 Å². The van der Waals surface area contributed by atoms with Gasteiger partial charge in [0.05, 0.1) is 0 Å². The zero-order chi connectivity index (χ0) is 13.0. The smallest absolute Gasteiger partial charge is 0.134 e. The fourth-order valence-electron chi connectivity index (χ4n) is 1.60. The van der Waals surface area contributed by atoms with Crippen molar-refractivity contribution in [3.8, 4) is 11.5 Å². The zero-order valence-corrected chi connectivity index (χ0v) is 10.8. The standard InChI is InChI=1S/C14H14FNOS/c1-18-11-7-5-10(6-8-11)17-14-4-2-3-13(15)12(14)9-16/h2-8H,9,16H2,1H3. The first kappa shape index (κ1) is 12.9. The number of halogens is 1. The average molecular weight is 263 g/mol. The van der Waals surface area contributed by atoms with Crippen molar-refractivity contribution < 1.29 is 9.13 Å². The minimum atomic E-state index is -0.337. The third kappa shape index (κ3) is 2.83. The van der Waals surface area contributed by atoms with E-state index in [0.717, 1.165) is 4.90 Å². The molecule has 2 nitrogen and oxygen atoms in total. The van der Waals surface area contributed by atoms with Gasteiger partial charge in [0.25, 0.3) is 0 Å². The summed E-state index contributed by atoms with van der Waals surface area (Å²) < 4.78 is 19.2. The highest BCUT2D eigenvalue weighted by Gasteiger charge is 2.08. The van der Waals surface area contributed by atoms with Crippen LogP contribution in [0.1, 0.15) is 5.56 Å². The highest BCUT2D eigenvalue weighted by molar-refractivity contribution is 7.98. The Morgan fingerprint density at radius 3 is 2.50 bits per heavy atom. The molecule has 0 aliphatic rings. The Kier molecular flexibility index (Phi) is 4.23. The third-order valence-corrected chi connectivity index (χ3v) is 3.31. The highest BCUT2D eigenvalue weighted by atomic mass is 32.2. The van der Waals surface area contributed by atoms with Crippen molar-refractivity contribution in [1.29, 1.82) is 0 Å². The second-order valence-corrected chi connectivity index (χ2v) is 4.58. The summed E-state index contributed by atoms with van der Waals surface area (Å²) in [5, 5.41) is 0. The van der Waals surface area contributed by atoms with Crippen LogP contribution in [0.2, 0.25) is 0 Å². The van der Waals surface area contributed by atoms with E-state index in [1.807, 2.05) is 30.5 Å². The van der Waals surface area contributed by atoms with Crippen LogP contribution in [0.25, 0.3) is 0 Å². The normalized spacial score (nSPS) is 10.4. The van der Waals surface area contributed by atoms with Gasteiger partial charge < -0.3 is 10.5 Å². The summed E-state index contributed by atoms with van der Waals surface area (Å²) in [6.45, 7) is 0.116. The van der Waals surface area contributed by atoms with Crippen LogP contribution in [-0.2, 0) is 6.54 Å². The van der Waals surface area contributed by atoms with Gasteiger partial charge in [0.2, 0.25) is 0 Å². The first-order chi connectivity index (χ1) is 8.74. The van der Waals surface area contributed by atoms with Crippen LogP contribution < -0.4 is 10.5 Å². The van der Waals surface area contributed by atoms with E-state index in [1.165, 1.54) is 6.07 Å². The summed E-state index contributed by atoms with van der Waals surface area (Å²) in [5.74, 6) is 0.804. The van der Waals surface area contributed by atoms with E-state index in [2.05, 4.69) is 0 Å². The quantitative estimate of drug-likeness (QED) is 0.852. The molecule has 2 rings (SSSR count). The molecule has 2 N–H and O–H groups in total. The molecule has 0 aliphatic carbocycles. The summed E-state index contributed by atoms with van der Waals surface area (Å²) in [7, 11) is 0. The maximum absolute atomic E-state index is 13.5. The van der Waals surface area contributed by atoms with E-state index in [4.69, 9.17) is 10.5 Å². The summed E-state index contributed by atoms with van der Waals surface area (Å²) in [4.78, 5) is 1.15. The van der Waals surface area contributed by atoms with Crippen LogP contribution in [-0.4, -0.2) is 6.26 Å². The van der Waals surface area contributed by atoms with Gasteiger partial charge in [-0.2, -0.15) is 0 Å². The molecule has 94 valence electrons. The van der Waals surface area contributed by atoms with Crippen molar-refractivity contribution >= 4 is 11.8 Å². The van der Waals surface area contributed by atoms with E-state index in [9.17, 15) is 4.39 Å². The Bertz CT molecular complexity index is 528. The predicted molar refractivity (Wildman–Crippen MR) is 72.6 cm³/mol. The molecule has 0 amide bonds. The molecule has 4 heteroatoms. The van der Waals surface area contributed by atoms with E-state index in [-0.39, 0.29) is 12.4 Å². The monoisotopic (exact) mass is 263 g/mol. The van der Waals surface area contributed by atoms with Gasteiger partial charge in [0, 0.05) is 17.0 Å². The van der Waals surface area contributed by atoms with Crippen molar-refractivity contribution in [1.82, 2.24) is 0 Å². The number of hydrogen-bond acceptors (Lipinski definition) is 3. The average Bonchev–Trinajstić information content (AvgIpc) is 2.40. The van der Waals surface area contributed by atoms with Gasteiger partial charge in [-0.1, -0.05) is 6.07 Å². The number of hydrogen-bond donors (Lipinski definition) is 1. The molecule has 0 heterocycles. The third-order valence-electron chi connectivity index (χ3n) is 2.57. The molecule has 0 aromatic heterocycles. The molecule has 0 unspecified atom stereocenters. The minimum absolute atomic E-state index is 0.116. The first-order valence-corrected chi connectivity index (χ1v) is 6.76. The van der Waals surface area contributed by atoms with E-state index >= 15 is 0 Å². The van der Waals surface area contributed by atoms with Crippen LogP contribution in [0.4, 0.5) is 4.39 Å². The van der Waals surface area contributed by atoms with E-state index < -0.39 is 0 Å². The van der Waals surface area contributed by atoms with Gasteiger partial charge in [-0.05, 0) is 42.7 Å². The molecular weight excluding hydrogens is 249 g/mol.